The number of benzene rings is 4. The van der Waals surface area contributed by atoms with Crippen LogP contribution < -0.4 is 0 Å². The van der Waals surface area contributed by atoms with Crippen LogP contribution in [0, 0.1) is 5.92 Å². The van der Waals surface area contributed by atoms with Crippen molar-refractivity contribution in [3.05, 3.63) is 137 Å². The van der Waals surface area contributed by atoms with E-state index in [0.717, 1.165) is 63.8 Å². The van der Waals surface area contributed by atoms with Gasteiger partial charge < -0.3 is 0 Å². The number of fused-ring (bicyclic) bond motifs is 3. The molecule has 43 heavy (non-hydrogen) atoms. The molecule has 1 atom stereocenters. The third kappa shape index (κ3) is 4.85. The van der Waals surface area contributed by atoms with Crippen molar-refractivity contribution in [2.45, 2.75) is 26.2 Å². The zero-order valence-electron chi connectivity index (χ0n) is 24.0. The molecule has 2 aliphatic carbocycles. The van der Waals surface area contributed by atoms with Crippen LogP contribution in [0.25, 0.3) is 62.5 Å². The number of para-hydroxylation sites is 1. The lowest BCUT2D eigenvalue weighted by atomic mass is 9.89. The van der Waals surface area contributed by atoms with E-state index >= 15 is 0 Å². The van der Waals surface area contributed by atoms with E-state index in [9.17, 15) is 0 Å². The molecule has 0 saturated carbocycles. The number of aryl methyl sites for hydroxylation is 1. The van der Waals surface area contributed by atoms with Crippen LogP contribution in [0.5, 0.6) is 0 Å². The van der Waals surface area contributed by atoms with Crippen LogP contribution in [-0.4, -0.2) is 19.9 Å². The fourth-order valence-electron chi connectivity index (χ4n) is 6.29. The Hall–Kier alpha value is -5.22. The SMILES string of the molecule is CC1C=Cc2ccc(-c3nc(C4=Cc5ccccc5CC4)nc(-c4ccc(-c5cccc6cccnc56)cc4)n3)cc2C1. The lowest BCUT2D eigenvalue weighted by molar-refractivity contribution is 0.717. The zero-order chi connectivity index (χ0) is 28.8. The highest BCUT2D eigenvalue weighted by molar-refractivity contribution is 5.93. The summed E-state index contributed by atoms with van der Waals surface area (Å²) in [6.45, 7) is 2.26. The number of pyridine rings is 1. The van der Waals surface area contributed by atoms with Gasteiger partial charge in [0, 0.05) is 28.3 Å². The summed E-state index contributed by atoms with van der Waals surface area (Å²) >= 11 is 0. The van der Waals surface area contributed by atoms with Gasteiger partial charge in [-0.2, -0.15) is 0 Å². The van der Waals surface area contributed by atoms with Crippen molar-refractivity contribution >= 4 is 28.6 Å². The molecule has 2 aromatic heterocycles. The molecule has 2 aliphatic rings. The van der Waals surface area contributed by atoms with Crippen molar-refractivity contribution in [3.8, 4) is 33.9 Å². The Labute approximate surface area is 251 Å². The standard InChI is InChI=1S/C39H30N4/c1-25-11-12-27-14-20-33(24-34(27)22-25)39-42-37(41-38(43-39)32-19-13-26-6-2-3-7-31(26)23-32)30-17-15-28(16-18-30)35-10-4-8-29-9-5-21-40-36(29)35/h2-12,14-18,20-21,23-25H,13,19,22H2,1H3. The Morgan fingerprint density at radius 2 is 1.40 bits per heavy atom. The number of nitrogens with zero attached hydrogens (tertiary/aromatic N) is 4. The molecule has 1 unspecified atom stereocenters. The maximum Gasteiger partial charge on any atom is 0.164 e. The third-order valence-corrected chi connectivity index (χ3v) is 8.61. The smallest absolute Gasteiger partial charge is 0.164 e. The molecule has 6 aromatic rings. The van der Waals surface area contributed by atoms with Crippen molar-refractivity contribution in [1.82, 2.24) is 19.9 Å². The molecule has 0 radical (unpaired) electrons. The fourth-order valence-corrected chi connectivity index (χ4v) is 6.29. The lowest BCUT2D eigenvalue weighted by Crippen LogP contribution is -2.07. The maximum atomic E-state index is 5.08. The second-order valence-electron chi connectivity index (χ2n) is 11.6. The minimum atomic E-state index is 0.523. The van der Waals surface area contributed by atoms with Gasteiger partial charge in [0.05, 0.1) is 5.52 Å². The van der Waals surface area contributed by atoms with Crippen molar-refractivity contribution in [2.24, 2.45) is 5.92 Å². The Kier molecular flexibility index (Phi) is 6.26. The summed E-state index contributed by atoms with van der Waals surface area (Å²) in [6, 6.07) is 34.1. The number of hydrogen-bond acceptors (Lipinski definition) is 4. The maximum absolute atomic E-state index is 5.08. The van der Waals surface area contributed by atoms with E-state index in [1.54, 1.807) is 0 Å². The molecule has 4 nitrogen and oxygen atoms in total. The van der Waals surface area contributed by atoms with Crippen LogP contribution >= 0.6 is 0 Å². The first-order valence-electron chi connectivity index (χ1n) is 15.0. The van der Waals surface area contributed by atoms with Gasteiger partial charge in [-0.15, -0.1) is 0 Å². The minimum absolute atomic E-state index is 0.523. The van der Waals surface area contributed by atoms with Gasteiger partial charge in [-0.25, -0.2) is 15.0 Å². The monoisotopic (exact) mass is 554 g/mol. The molecule has 0 amide bonds. The van der Waals surface area contributed by atoms with Crippen LogP contribution in [0.1, 0.15) is 41.4 Å². The van der Waals surface area contributed by atoms with Crippen LogP contribution in [0.4, 0.5) is 0 Å². The largest absolute Gasteiger partial charge is 0.256 e. The first-order valence-corrected chi connectivity index (χ1v) is 15.0. The topological polar surface area (TPSA) is 51.6 Å². The van der Waals surface area contributed by atoms with Gasteiger partial charge in [0.1, 0.15) is 0 Å². The third-order valence-electron chi connectivity index (χ3n) is 8.61. The van der Waals surface area contributed by atoms with E-state index < -0.39 is 0 Å². The van der Waals surface area contributed by atoms with Crippen LogP contribution in [-0.2, 0) is 12.8 Å². The normalized spacial score (nSPS) is 15.6. The molecule has 2 heterocycles. The molecule has 0 fully saturated rings. The molecule has 8 rings (SSSR count). The molecular formula is C39H30N4. The minimum Gasteiger partial charge on any atom is -0.256 e. The first-order chi connectivity index (χ1) is 21.2. The summed E-state index contributed by atoms with van der Waals surface area (Å²) in [6.07, 6.45) is 11.5. The van der Waals surface area contributed by atoms with E-state index in [1.807, 2.05) is 12.3 Å². The number of allylic oxidation sites excluding steroid dienone is 2. The van der Waals surface area contributed by atoms with E-state index in [-0.39, 0.29) is 0 Å². The predicted octanol–water partition coefficient (Wildman–Crippen LogP) is 9.11. The summed E-state index contributed by atoms with van der Waals surface area (Å²) < 4.78 is 0. The van der Waals surface area contributed by atoms with Crippen molar-refractivity contribution < 1.29 is 0 Å². The zero-order valence-corrected chi connectivity index (χ0v) is 24.0. The highest BCUT2D eigenvalue weighted by Crippen LogP contribution is 2.33. The quantitative estimate of drug-likeness (QED) is 0.218. The second kappa shape index (κ2) is 10.6. The van der Waals surface area contributed by atoms with Crippen LogP contribution in [0.2, 0.25) is 0 Å². The van der Waals surface area contributed by atoms with E-state index in [0.29, 0.717) is 17.6 Å². The average molecular weight is 555 g/mol. The van der Waals surface area contributed by atoms with Crippen LogP contribution in [0.3, 0.4) is 0 Å². The molecular weight excluding hydrogens is 524 g/mol. The molecule has 4 heteroatoms. The Balaban J connectivity index is 1.23. The summed E-state index contributed by atoms with van der Waals surface area (Å²) in [5, 5.41) is 1.13. The van der Waals surface area contributed by atoms with Gasteiger partial charge in [-0.1, -0.05) is 104 Å². The molecule has 0 spiro atoms. The van der Waals surface area contributed by atoms with Crippen molar-refractivity contribution in [2.75, 3.05) is 0 Å². The molecule has 0 aliphatic heterocycles. The fraction of sp³-hybridized carbons (Fsp3) is 0.128. The van der Waals surface area contributed by atoms with Gasteiger partial charge in [0.2, 0.25) is 0 Å². The highest BCUT2D eigenvalue weighted by Gasteiger charge is 2.19. The Bertz CT molecular complexity index is 2070. The van der Waals surface area contributed by atoms with Gasteiger partial charge in [-0.3, -0.25) is 4.98 Å². The lowest BCUT2D eigenvalue weighted by Gasteiger charge is -2.18. The number of hydrogen-bond donors (Lipinski definition) is 0. The Morgan fingerprint density at radius 3 is 2.30 bits per heavy atom. The van der Waals surface area contributed by atoms with Gasteiger partial charge in [-0.05, 0) is 76.8 Å². The molecule has 0 bridgehead atoms. The van der Waals surface area contributed by atoms with Gasteiger partial charge in [0.25, 0.3) is 0 Å². The Morgan fingerprint density at radius 1 is 0.628 bits per heavy atom. The van der Waals surface area contributed by atoms with Crippen molar-refractivity contribution in [1.29, 1.82) is 0 Å². The summed E-state index contributed by atoms with van der Waals surface area (Å²) in [5.41, 5.74) is 11.6. The van der Waals surface area contributed by atoms with Gasteiger partial charge >= 0.3 is 0 Å². The molecule has 206 valence electrons. The highest BCUT2D eigenvalue weighted by atomic mass is 15.0. The number of rotatable bonds is 4. The van der Waals surface area contributed by atoms with Gasteiger partial charge in [0.15, 0.2) is 17.5 Å². The van der Waals surface area contributed by atoms with E-state index in [1.165, 1.54) is 22.3 Å². The second-order valence-corrected chi connectivity index (χ2v) is 11.6. The molecule has 0 saturated heterocycles. The predicted molar refractivity (Wildman–Crippen MR) is 176 cm³/mol. The van der Waals surface area contributed by atoms with E-state index in [2.05, 4.69) is 121 Å². The van der Waals surface area contributed by atoms with Crippen LogP contribution in [0.15, 0.2) is 109 Å². The first kappa shape index (κ1) is 25.5. The summed E-state index contributed by atoms with van der Waals surface area (Å²) in [7, 11) is 0. The number of aromatic nitrogens is 4. The van der Waals surface area contributed by atoms with Crippen molar-refractivity contribution in [3.63, 3.8) is 0 Å². The summed E-state index contributed by atoms with van der Waals surface area (Å²) in [5.74, 6) is 2.68. The molecule has 0 N–H and O–H groups in total. The molecule has 4 aromatic carbocycles. The summed E-state index contributed by atoms with van der Waals surface area (Å²) in [4.78, 5) is 19.8. The van der Waals surface area contributed by atoms with E-state index in [4.69, 9.17) is 15.0 Å². The average Bonchev–Trinajstić information content (AvgIpc) is 3.07.